The van der Waals surface area contributed by atoms with E-state index in [1.807, 2.05) is 0 Å². The molecule has 5 rings (SSSR count). The Morgan fingerprint density at radius 3 is 2.88 bits per heavy atom. The Bertz CT molecular complexity index is 705. The van der Waals surface area contributed by atoms with Gasteiger partial charge in [-0.3, -0.25) is 4.79 Å². The van der Waals surface area contributed by atoms with Crippen molar-refractivity contribution in [2.45, 2.75) is 76.9 Å². The van der Waals surface area contributed by atoms with Gasteiger partial charge in [-0.1, -0.05) is 13.0 Å². The van der Waals surface area contributed by atoms with Gasteiger partial charge < -0.3 is 9.47 Å². The summed E-state index contributed by atoms with van der Waals surface area (Å²) < 4.78 is 11.8. The predicted molar refractivity (Wildman–Crippen MR) is 100 cm³/mol. The third-order valence-electron chi connectivity index (χ3n) is 7.81. The summed E-state index contributed by atoms with van der Waals surface area (Å²) >= 11 is 0. The summed E-state index contributed by atoms with van der Waals surface area (Å²) in [5.74, 6) is 3.44. The van der Waals surface area contributed by atoms with Crippen molar-refractivity contribution in [3.63, 3.8) is 0 Å². The zero-order valence-electron chi connectivity index (χ0n) is 15.8. The molecule has 3 aliphatic carbocycles. The molecule has 0 radical (unpaired) electrons. The van der Waals surface area contributed by atoms with Gasteiger partial charge in [-0.15, -0.1) is 0 Å². The molecule has 1 unspecified atom stereocenters. The minimum absolute atomic E-state index is 0.0277. The van der Waals surface area contributed by atoms with Crippen molar-refractivity contribution in [2.24, 2.45) is 17.3 Å². The molecule has 1 saturated heterocycles. The van der Waals surface area contributed by atoms with Gasteiger partial charge in [0.05, 0.1) is 6.61 Å². The zero-order valence-corrected chi connectivity index (χ0v) is 15.8. The summed E-state index contributed by atoms with van der Waals surface area (Å²) in [6, 6.07) is 6.72. The highest BCUT2D eigenvalue weighted by Crippen LogP contribution is 2.59. The maximum Gasteiger partial charge on any atom is 0.199 e. The summed E-state index contributed by atoms with van der Waals surface area (Å²) in [5, 5.41) is 0. The molecule has 4 aliphatic rings. The van der Waals surface area contributed by atoms with Crippen molar-refractivity contribution in [1.29, 1.82) is 0 Å². The van der Waals surface area contributed by atoms with E-state index in [2.05, 4.69) is 25.1 Å². The van der Waals surface area contributed by atoms with Crippen LogP contribution >= 0.6 is 0 Å². The van der Waals surface area contributed by atoms with E-state index in [1.165, 1.54) is 30.4 Å². The molecule has 0 spiro atoms. The first kappa shape index (κ1) is 16.8. The van der Waals surface area contributed by atoms with Crippen molar-refractivity contribution in [1.82, 2.24) is 0 Å². The van der Waals surface area contributed by atoms with Gasteiger partial charge in [-0.05, 0) is 86.0 Å². The van der Waals surface area contributed by atoms with Crippen LogP contribution in [0.3, 0.4) is 0 Å². The summed E-state index contributed by atoms with van der Waals surface area (Å²) in [5.41, 5.74) is 2.96. The standard InChI is InChI=1S/C23H30O3/c1-23-12-11-18-17-8-6-16(26-22-4-2-3-13-25-22)14-15(17)5-7-19(18)20(23)9-10-21(23)24/h6,8,14,18-20,22H,2-5,7,9-13H2,1H3/t18-,19-,20+,22?,23+/m1/s1. The first-order valence-electron chi connectivity index (χ1n) is 10.6. The molecular weight excluding hydrogens is 324 g/mol. The molecule has 1 aromatic carbocycles. The fourth-order valence-corrected chi connectivity index (χ4v) is 6.36. The smallest absolute Gasteiger partial charge is 0.199 e. The number of carbonyl (C=O) groups is 1. The fourth-order valence-electron chi connectivity index (χ4n) is 6.36. The first-order valence-corrected chi connectivity index (χ1v) is 10.6. The lowest BCUT2D eigenvalue weighted by Gasteiger charge is -2.48. The zero-order chi connectivity index (χ0) is 17.7. The van der Waals surface area contributed by atoms with Gasteiger partial charge in [0, 0.05) is 18.3 Å². The Hall–Kier alpha value is -1.35. The summed E-state index contributed by atoms with van der Waals surface area (Å²) in [7, 11) is 0. The maximum atomic E-state index is 12.5. The van der Waals surface area contributed by atoms with E-state index >= 15 is 0 Å². The molecule has 0 N–H and O–H groups in total. The Morgan fingerprint density at radius 2 is 2.04 bits per heavy atom. The molecule has 3 fully saturated rings. The number of aryl methyl sites for hydroxylation is 1. The van der Waals surface area contributed by atoms with Crippen LogP contribution in [-0.2, 0) is 16.0 Å². The van der Waals surface area contributed by atoms with Gasteiger partial charge in [0.15, 0.2) is 6.29 Å². The number of ether oxygens (including phenoxy) is 2. The van der Waals surface area contributed by atoms with Crippen LogP contribution in [0.2, 0.25) is 0 Å². The van der Waals surface area contributed by atoms with Gasteiger partial charge in [0.2, 0.25) is 0 Å². The molecule has 2 saturated carbocycles. The number of ketones is 1. The lowest BCUT2D eigenvalue weighted by Crippen LogP contribution is -2.42. The van der Waals surface area contributed by atoms with Gasteiger partial charge in [-0.25, -0.2) is 0 Å². The van der Waals surface area contributed by atoms with E-state index in [0.29, 0.717) is 23.5 Å². The highest BCUT2D eigenvalue weighted by Gasteiger charge is 2.54. The lowest BCUT2D eigenvalue weighted by atomic mass is 9.55. The molecular formula is C23H30O3. The van der Waals surface area contributed by atoms with E-state index in [4.69, 9.17) is 9.47 Å². The van der Waals surface area contributed by atoms with Crippen LogP contribution in [0.1, 0.15) is 75.3 Å². The van der Waals surface area contributed by atoms with Crippen LogP contribution in [0.4, 0.5) is 0 Å². The third-order valence-corrected chi connectivity index (χ3v) is 7.81. The van der Waals surface area contributed by atoms with Gasteiger partial charge in [0.25, 0.3) is 0 Å². The summed E-state index contributed by atoms with van der Waals surface area (Å²) in [4.78, 5) is 12.5. The second kappa shape index (κ2) is 6.37. The van der Waals surface area contributed by atoms with Crippen molar-refractivity contribution in [2.75, 3.05) is 6.61 Å². The van der Waals surface area contributed by atoms with E-state index in [1.54, 1.807) is 0 Å². The molecule has 1 aromatic rings. The second-order valence-corrected chi connectivity index (χ2v) is 9.11. The number of hydrogen-bond donors (Lipinski definition) is 0. The minimum Gasteiger partial charge on any atom is -0.465 e. The highest BCUT2D eigenvalue weighted by atomic mass is 16.7. The van der Waals surface area contributed by atoms with Crippen LogP contribution < -0.4 is 4.74 Å². The number of fused-ring (bicyclic) bond motifs is 5. The number of hydrogen-bond acceptors (Lipinski definition) is 3. The molecule has 3 nitrogen and oxygen atoms in total. The number of Topliss-reactive ketones (excluding diaryl/α,β-unsaturated/α-hetero) is 1. The maximum absolute atomic E-state index is 12.5. The highest BCUT2D eigenvalue weighted by molar-refractivity contribution is 5.87. The van der Waals surface area contributed by atoms with Crippen LogP contribution in [0, 0.1) is 17.3 Å². The molecule has 1 heterocycles. The summed E-state index contributed by atoms with van der Waals surface area (Å²) in [6.45, 7) is 3.07. The second-order valence-electron chi connectivity index (χ2n) is 9.11. The van der Waals surface area contributed by atoms with Crippen LogP contribution in [0.15, 0.2) is 18.2 Å². The largest absolute Gasteiger partial charge is 0.465 e. The molecule has 140 valence electrons. The normalized spacial score (nSPS) is 39.0. The van der Waals surface area contributed by atoms with Crippen LogP contribution in [0.5, 0.6) is 5.75 Å². The van der Waals surface area contributed by atoms with Crippen molar-refractivity contribution in [3.8, 4) is 5.75 Å². The lowest BCUT2D eigenvalue weighted by molar-refractivity contribution is -0.129. The quantitative estimate of drug-likeness (QED) is 0.748. The third kappa shape index (κ3) is 2.62. The average molecular weight is 354 g/mol. The molecule has 0 amide bonds. The van der Waals surface area contributed by atoms with E-state index in [9.17, 15) is 4.79 Å². The molecule has 0 bridgehead atoms. The van der Waals surface area contributed by atoms with E-state index < -0.39 is 0 Å². The van der Waals surface area contributed by atoms with E-state index in [-0.39, 0.29) is 11.7 Å². The first-order chi connectivity index (χ1) is 12.6. The van der Waals surface area contributed by atoms with Crippen molar-refractivity contribution in [3.05, 3.63) is 29.3 Å². The monoisotopic (exact) mass is 354 g/mol. The number of benzene rings is 1. The minimum atomic E-state index is -0.0713. The number of rotatable bonds is 2. The predicted octanol–water partition coefficient (Wildman–Crippen LogP) is 5.02. The topological polar surface area (TPSA) is 35.5 Å². The molecule has 26 heavy (non-hydrogen) atoms. The Morgan fingerprint density at radius 1 is 1.12 bits per heavy atom. The molecule has 0 aromatic heterocycles. The summed E-state index contributed by atoms with van der Waals surface area (Å²) in [6.07, 6.45) is 9.79. The van der Waals surface area contributed by atoms with Gasteiger partial charge >= 0.3 is 0 Å². The Balaban J connectivity index is 1.37. The Kier molecular flexibility index (Phi) is 4.11. The fraction of sp³-hybridized carbons (Fsp3) is 0.696. The van der Waals surface area contributed by atoms with Crippen LogP contribution in [-0.4, -0.2) is 18.7 Å². The van der Waals surface area contributed by atoms with Crippen LogP contribution in [0.25, 0.3) is 0 Å². The van der Waals surface area contributed by atoms with Crippen molar-refractivity contribution >= 4 is 5.78 Å². The average Bonchev–Trinajstić information content (AvgIpc) is 2.97. The number of carbonyl (C=O) groups excluding carboxylic acids is 1. The van der Waals surface area contributed by atoms with E-state index in [0.717, 1.165) is 50.9 Å². The van der Waals surface area contributed by atoms with Gasteiger partial charge in [0.1, 0.15) is 11.5 Å². The van der Waals surface area contributed by atoms with Crippen molar-refractivity contribution < 1.29 is 14.3 Å². The molecule has 3 heteroatoms. The Labute approximate surface area is 156 Å². The molecule has 1 aliphatic heterocycles. The SMILES string of the molecule is C[C@]12CC[C@@H]3c4ccc(OC5CCCCO5)cc4CC[C@H]3[C@@H]1CCC2=O. The van der Waals surface area contributed by atoms with Gasteiger partial charge in [-0.2, -0.15) is 0 Å². The molecule has 5 atom stereocenters.